The molecule has 128 valence electrons. The monoisotopic (exact) mass is 324 g/mol. The second kappa shape index (κ2) is 7.20. The smallest absolute Gasteiger partial charge is 0.225 e. The Kier molecular flexibility index (Phi) is 5.03. The first-order valence-corrected chi connectivity index (χ1v) is 8.99. The molecule has 0 aliphatic carbocycles. The minimum absolute atomic E-state index is 0.0641. The quantitative estimate of drug-likeness (QED) is 0.886. The predicted molar refractivity (Wildman–Crippen MR) is 102 cm³/mol. The molecule has 0 radical (unpaired) electrons. The van der Waals surface area contributed by atoms with Crippen LogP contribution >= 0.6 is 0 Å². The molecule has 1 aromatic heterocycles. The number of anilines is 2. The summed E-state index contributed by atoms with van der Waals surface area (Å²) in [5.41, 5.74) is 2.05. The fourth-order valence-corrected chi connectivity index (χ4v) is 3.04. The van der Waals surface area contributed by atoms with Crippen LogP contribution in [-0.2, 0) is 0 Å². The molecule has 0 saturated carbocycles. The Balaban J connectivity index is 1.99. The highest BCUT2D eigenvalue weighted by atomic mass is 15.2. The zero-order chi connectivity index (χ0) is 17.0. The Bertz CT molecular complexity index is 653. The Labute approximate surface area is 145 Å². The van der Waals surface area contributed by atoms with Crippen molar-refractivity contribution in [2.45, 2.75) is 52.0 Å². The zero-order valence-corrected chi connectivity index (χ0v) is 15.0. The van der Waals surface area contributed by atoms with Crippen molar-refractivity contribution < 1.29 is 0 Å². The van der Waals surface area contributed by atoms with Crippen LogP contribution in [0.25, 0.3) is 11.3 Å². The highest BCUT2D eigenvalue weighted by molar-refractivity contribution is 5.65. The molecule has 1 aromatic carbocycles. The van der Waals surface area contributed by atoms with E-state index in [1.54, 1.807) is 0 Å². The van der Waals surface area contributed by atoms with E-state index in [4.69, 9.17) is 9.97 Å². The van der Waals surface area contributed by atoms with Crippen molar-refractivity contribution in [1.82, 2.24) is 9.97 Å². The third-order valence-electron chi connectivity index (χ3n) is 4.20. The molecule has 0 unspecified atom stereocenters. The van der Waals surface area contributed by atoms with E-state index < -0.39 is 0 Å². The van der Waals surface area contributed by atoms with E-state index in [1.807, 2.05) is 6.07 Å². The first-order valence-electron chi connectivity index (χ1n) is 8.99. The van der Waals surface area contributed by atoms with Crippen LogP contribution in [-0.4, -0.2) is 28.6 Å². The van der Waals surface area contributed by atoms with Gasteiger partial charge in [0.2, 0.25) is 5.95 Å². The lowest BCUT2D eigenvalue weighted by Crippen LogP contribution is -2.29. The second-order valence-electron chi connectivity index (χ2n) is 7.58. The first kappa shape index (κ1) is 16.7. The molecule has 24 heavy (non-hydrogen) atoms. The number of hydrogen-bond donors (Lipinski definition) is 1. The molecular weight excluding hydrogens is 296 g/mol. The van der Waals surface area contributed by atoms with Crippen molar-refractivity contribution in [3.05, 3.63) is 36.4 Å². The lowest BCUT2D eigenvalue weighted by molar-refractivity contribution is 0.625. The number of hydrogen-bond acceptors (Lipinski definition) is 4. The topological polar surface area (TPSA) is 41.1 Å². The summed E-state index contributed by atoms with van der Waals surface area (Å²) in [7, 11) is 0. The molecular formula is C20H28N4. The van der Waals surface area contributed by atoms with Crippen LogP contribution in [0.4, 0.5) is 11.8 Å². The summed E-state index contributed by atoms with van der Waals surface area (Å²) in [6.45, 7) is 8.58. The van der Waals surface area contributed by atoms with E-state index in [9.17, 15) is 0 Å². The van der Waals surface area contributed by atoms with E-state index in [0.29, 0.717) is 5.95 Å². The lowest BCUT2D eigenvalue weighted by atomic mass is 10.1. The summed E-state index contributed by atoms with van der Waals surface area (Å²) in [6.07, 6.45) is 5.12. The fraction of sp³-hybridized carbons (Fsp3) is 0.500. The summed E-state index contributed by atoms with van der Waals surface area (Å²) in [5, 5.41) is 3.44. The zero-order valence-electron chi connectivity index (χ0n) is 15.0. The van der Waals surface area contributed by atoms with Crippen LogP contribution in [0, 0.1) is 0 Å². The van der Waals surface area contributed by atoms with Gasteiger partial charge in [-0.1, -0.05) is 43.2 Å². The van der Waals surface area contributed by atoms with Gasteiger partial charge in [-0.15, -0.1) is 0 Å². The SMILES string of the molecule is CC(C)(C)Nc1nc(-c2ccccc2)cc(N2CCCCCC2)n1. The number of aromatic nitrogens is 2. The highest BCUT2D eigenvalue weighted by Crippen LogP contribution is 2.26. The number of nitrogens with one attached hydrogen (secondary N) is 1. The number of benzene rings is 1. The summed E-state index contributed by atoms with van der Waals surface area (Å²) < 4.78 is 0. The summed E-state index contributed by atoms with van der Waals surface area (Å²) in [5.74, 6) is 1.75. The van der Waals surface area contributed by atoms with E-state index in [-0.39, 0.29) is 5.54 Å². The highest BCUT2D eigenvalue weighted by Gasteiger charge is 2.17. The Morgan fingerprint density at radius 1 is 0.917 bits per heavy atom. The van der Waals surface area contributed by atoms with Crippen LogP contribution in [0.5, 0.6) is 0 Å². The van der Waals surface area contributed by atoms with E-state index in [1.165, 1.54) is 25.7 Å². The number of nitrogens with zero attached hydrogens (tertiary/aromatic N) is 3. The van der Waals surface area contributed by atoms with Crippen LogP contribution in [0.15, 0.2) is 36.4 Å². The van der Waals surface area contributed by atoms with Crippen LogP contribution < -0.4 is 10.2 Å². The predicted octanol–water partition coefficient (Wildman–Crippen LogP) is 4.73. The maximum Gasteiger partial charge on any atom is 0.225 e. The van der Waals surface area contributed by atoms with Gasteiger partial charge in [-0.2, -0.15) is 4.98 Å². The molecule has 1 N–H and O–H groups in total. The average Bonchev–Trinajstić information content (AvgIpc) is 2.83. The van der Waals surface area contributed by atoms with Gasteiger partial charge in [0.25, 0.3) is 0 Å². The van der Waals surface area contributed by atoms with Crippen molar-refractivity contribution in [2.24, 2.45) is 0 Å². The maximum atomic E-state index is 4.81. The van der Waals surface area contributed by atoms with Crippen molar-refractivity contribution >= 4 is 11.8 Å². The number of rotatable bonds is 3. The van der Waals surface area contributed by atoms with Crippen molar-refractivity contribution in [3.63, 3.8) is 0 Å². The second-order valence-corrected chi connectivity index (χ2v) is 7.58. The van der Waals surface area contributed by atoms with Crippen LogP contribution in [0.2, 0.25) is 0 Å². The van der Waals surface area contributed by atoms with Gasteiger partial charge < -0.3 is 10.2 Å². The van der Waals surface area contributed by atoms with Crippen molar-refractivity contribution in [2.75, 3.05) is 23.3 Å². The molecule has 0 amide bonds. The van der Waals surface area contributed by atoms with Gasteiger partial charge in [0.15, 0.2) is 0 Å². The third-order valence-corrected chi connectivity index (χ3v) is 4.20. The van der Waals surface area contributed by atoms with Gasteiger partial charge in [0.05, 0.1) is 5.69 Å². The third kappa shape index (κ3) is 4.47. The molecule has 1 aliphatic heterocycles. The van der Waals surface area contributed by atoms with Gasteiger partial charge in [-0.05, 0) is 33.6 Å². The molecule has 0 spiro atoms. The summed E-state index contributed by atoms with van der Waals surface area (Å²) in [4.78, 5) is 12.0. The molecule has 4 heteroatoms. The molecule has 2 heterocycles. The van der Waals surface area contributed by atoms with Gasteiger partial charge in [-0.25, -0.2) is 4.98 Å². The molecule has 2 aromatic rings. The Morgan fingerprint density at radius 2 is 1.58 bits per heavy atom. The minimum atomic E-state index is -0.0641. The van der Waals surface area contributed by atoms with Gasteiger partial charge in [0.1, 0.15) is 5.82 Å². The maximum absolute atomic E-state index is 4.81. The standard InChI is InChI=1S/C20H28N4/c1-20(2,3)23-19-21-17(16-11-7-6-8-12-16)15-18(22-19)24-13-9-4-5-10-14-24/h6-8,11-12,15H,4-5,9-10,13-14H2,1-3H3,(H,21,22,23). The normalized spacial score (nSPS) is 15.9. The molecule has 1 fully saturated rings. The molecule has 0 bridgehead atoms. The van der Waals surface area contributed by atoms with Crippen LogP contribution in [0.1, 0.15) is 46.5 Å². The van der Waals surface area contributed by atoms with Crippen molar-refractivity contribution in [1.29, 1.82) is 0 Å². The minimum Gasteiger partial charge on any atom is -0.356 e. The summed E-state index contributed by atoms with van der Waals surface area (Å²) >= 11 is 0. The fourth-order valence-electron chi connectivity index (χ4n) is 3.04. The van der Waals surface area contributed by atoms with E-state index in [2.05, 4.69) is 61.3 Å². The van der Waals surface area contributed by atoms with Gasteiger partial charge in [0, 0.05) is 30.3 Å². The summed E-state index contributed by atoms with van der Waals surface area (Å²) in [6, 6.07) is 12.5. The van der Waals surface area contributed by atoms with Crippen molar-refractivity contribution in [3.8, 4) is 11.3 Å². The lowest BCUT2D eigenvalue weighted by Gasteiger charge is -2.25. The molecule has 1 saturated heterocycles. The Hall–Kier alpha value is -2.10. The van der Waals surface area contributed by atoms with E-state index >= 15 is 0 Å². The van der Waals surface area contributed by atoms with Gasteiger partial charge in [-0.3, -0.25) is 0 Å². The van der Waals surface area contributed by atoms with Gasteiger partial charge >= 0.3 is 0 Å². The molecule has 3 rings (SSSR count). The molecule has 1 aliphatic rings. The first-order chi connectivity index (χ1) is 11.5. The molecule has 0 atom stereocenters. The van der Waals surface area contributed by atoms with Crippen LogP contribution in [0.3, 0.4) is 0 Å². The average molecular weight is 324 g/mol. The van der Waals surface area contributed by atoms with E-state index in [0.717, 1.165) is 30.2 Å². The molecule has 4 nitrogen and oxygen atoms in total. The Morgan fingerprint density at radius 3 is 2.21 bits per heavy atom. The largest absolute Gasteiger partial charge is 0.356 e.